The van der Waals surface area contributed by atoms with Gasteiger partial charge in [0.2, 0.25) is 11.8 Å². The second kappa shape index (κ2) is 9.36. The van der Waals surface area contributed by atoms with Gasteiger partial charge in [0.15, 0.2) is 0 Å². The van der Waals surface area contributed by atoms with E-state index in [0.29, 0.717) is 37.8 Å². The maximum atomic E-state index is 11.9. The molecule has 7 nitrogen and oxygen atoms in total. The van der Waals surface area contributed by atoms with Gasteiger partial charge in [0.25, 0.3) is 0 Å². The van der Waals surface area contributed by atoms with Gasteiger partial charge in [-0.2, -0.15) is 0 Å². The quantitative estimate of drug-likeness (QED) is 0.698. The fraction of sp³-hybridized carbons (Fsp3) is 0.611. The molecule has 0 aliphatic carbocycles. The highest BCUT2D eigenvalue weighted by molar-refractivity contribution is 5.90. The molecule has 1 aromatic heterocycles. The van der Waals surface area contributed by atoms with Gasteiger partial charge < -0.3 is 20.7 Å². The number of nitrogens with one attached hydrogen (secondary N) is 1. The molecule has 138 valence electrons. The molecule has 0 unspecified atom stereocenters. The Morgan fingerprint density at radius 1 is 1.44 bits per heavy atom. The number of ether oxygens (including phenoxy) is 1. The highest BCUT2D eigenvalue weighted by Gasteiger charge is 2.24. The van der Waals surface area contributed by atoms with Crippen LogP contribution in [0.2, 0.25) is 0 Å². The lowest BCUT2D eigenvalue weighted by Crippen LogP contribution is -2.41. The number of piperidine rings is 1. The number of primary amides is 1. The predicted molar refractivity (Wildman–Crippen MR) is 97.3 cm³/mol. The van der Waals surface area contributed by atoms with Gasteiger partial charge in [-0.25, -0.2) is 4.98 Å². The molecule has 2 amide bonds. The Morgan fingerprint density at radius 2 is 2.24 bits per heavy atom. The lowest BCUT2D eigenvalue weighted by Gasteiger charge is -2.32. The first-order chi connectivity index (χ1) is 12.0. The topological polar surface area (TPSA) is 97.5 Å². The molecular weight excluding hydrogens is 320 g/mol. The van der Waals surface area contributed by atoms with E-state index in [2.05, 4.69) is 29.0 Å². The molecule has 1 atom stereocenters. The van der Waals surface area contributed by atoms with Gasteiger partial charge in [-0.15, -0.1) is 0 Å². The zero-order chi connectivity index (χ0) is 18.2. The number of hydrogen-bond donors (Lipinski definition) is 2. The number of hydrogen-bond acceptors (Lipinski definition) is 5. The Labute approximate surface area is 148 Å². The summed E-state index contributed by atoms with van der Waals surface area (Å²) >= 11 is 0. The Hall–Kier alpha value is -2.15. The smallest absolute Gasteiger partial charge is 0.226 e. The number of aromatic nitrogens is 1. The first kappa shape index (κ1) is 19.2. The number of rotatable bonds is 8. The molecule has 1 saturated heterocycles. The molecule has 0 spiro atoms. The maximum absolute atomic E-state index is 11.9. The zero-order valence-electron chi connectivity index (χ0n) is 15.0. The summed E-state index contributed by atoms with van der Waals surface area (Å²) in [5, 5.41) is 2.81. The fourth-order valence-electron chi connectivity index (χ4n) is 2.77. The molecule has 1 fully saturated rings. The molecule has 0 bridgehead atoms. The fourth-order valence-corrected chi connectivity index (χ4v) is 2.77. The van der Waals surface area contributed by atoms with Crippen LogP contribution in [0.4, 0.5) is 11.5 Å². The zero-order valence-corrected chi connectivity index (χ0v) is 15.0. The highest BCUT2D eigenvalue weighted by atomic mass is 16.5. The third-order valence-electron chi connectivity index (χ3n) is 4.10. The largest absolute Gasteiger partial charge is 0.381 e. The molecule has 25 heavy (non-hydrogen) atoms. The van der Waals surface area contributed by atoms with Gasteiger partial charge in [0.1, 0.15) is 5.82 Å². The van der Waals surface area contributed by atoms with Crippen molar-refractivity contribution in [2.45, 2.75) is 33.1 Å². The molecule has 1 aliphatic rings. The molecule has 1 aromatic rings. The van der Waals surface area contributed by atoms with Crippen LogP contribution in [0.15, 0.2) is 18.3 Å². The van der Waals surface area contributed by atoms with Gasteiger partial charge in [-0.3, -0.25) is 9.59 Å². The second-order valence-corrected chi connectivity index (χ2v) is 6.86. The van der Waals surface area contributed by atoms with Crippen LogP contribution < -0.4 is 16.0 Å². The number of nitrogens with two attached hydrogens (primary N) is 1. The first-order valence-corrected chi connectivity index (χ1v) is 8.83. The van der Waals surface area contributed by atoms with Crippen LogP contribution in [0.1, 0.15) is 33.1 Å². The van der Waals surface area contributed by atoms with Crippen molar-refractivity contribution >= 4 is 23.3 Å². The molecule has 2 rings (SSSR count). The van der Waals surface area contributed by atoms with E-state index in [4.69, 9.17) is 10.5 Å². The minimum Gasteiger partial charge on any atom is -0.381 e. The minimum absolute atomic E-state index is 0.0925. The third-order valence-corrected chi connectivity index (χ3v) is 4.10. The number of carbonyl (C=O) groups is 2. The van der Waals surface area contributed by atoms with E-state index < -0.39 is 0 Å². The number of anilines is 2. The van der Waals surface area contributed by atoms with Crippen molar-refractivity contribution in [3.05, 3.63) is 18.3 Å². The SMILES string of the molecule is CC(C)COCCC(=O)Nc1ccc(N2CCC[C@H](C(N)=O)C2)nc1. The lowest BCUT2D eigenvalue weighted by molar-refractivity contribution is -0.122. The second-order valence-electron chi connectivity index (χ2n) is 6.86. The van der Waals surface area contributed by atoms with Gasteiger partial charge in [-0.05, 0) is 30.9 Å². The van der Waals surface area contributed by atoms with Crippen LogP contribution in [0, 0.1) is 11.8 Å². The Bertz CT molecular complexity index is 574. The molecule has 0 radical (unpaired) electrons. The van der Waals surface area contributed by atoms with Crippen LogP contribution in [0.25, 0.3) is 0 Å². The Balaban J connectivity index is 1.81. The molecule has 7 heteroatoms. The number of carbonyl (C=O) groups excluding carboxylic acids is 2. The molecule has 2 heterocycles. The normalized spacial score (nSPS) is 17.6. The summed E-state index contributed by atoms with van der Waals surface area (Å²) in [7, 11) is 0. The summed E-state index contributed by atoms with van der Waals surface area (Å²) in [5.41, 5.74) is 6.06. The monoisotopic (exact) mass is 348 g/mol. The van der Waals surface area contributed by atoms with Gasteiger partial charge >= 0.3 is 0 Å². The van der Waals surface area contributed by atoms with Gasteiger partial charge in [0.05, 0.1) is 30.8 Å². The van der Waals surface area contributed by atoms with Crippen LogP contribution >= 0.6 is 0 Å². The summed E-state index contributed by atoms with van der Waals surface area (Å²) in [6, 6.07) is 3.68. The molecule has 1 aliphatic heterocycles. The van der Waals surface area contributed by atoms with E-state index in [9.17, 15) is 9.59 Å². The van der Waals surface area contributed by atoms with Crippen LogP contribution in [-0.4, -0.2) is 43.1 Å². The Morgan fingerprint density at radius 3 is 2.88 bits per heavy atom. The number of pyridine rings is 1. The van der Waals surface area contributed by atoms with Crippen molar-refractivity contribution in [2.24, 2.45) is 17.6 Å². The standard InChI is InChI=1S/C18H28N4O3/c1-13(2)12-25-9-7-17(23)21-15-5-6-16(20-10-15)22-8-3-4-14(11-22)18(19)24/h5-6,10,13-14H,3-4,7-9,11-12H2,1-2H3,(H2,19,24)(H,21,23)/t14-/m0/s1. The maximum Gasteiger partial charge on any atom is 0.226 e. The number of amides is 2. The average Bonchev–Trinajstić information content (AvgIpc) is 2.59. The van der Waals surface area contributed by atoms with Crippen molar-refractivity contribution < 1.29 is 14.3 Å². The minimum atomic E-state index is -0.256. The molecular formula is C18H28N4O3. The highest BCUT2D eigenvalue weighted by Crippen LogP contribution is 2.22. The number of nitrogens with zero attached hydrogens (tertiary/aromatic N) is 2. The summed E-state index contributed by atoms with van der Waals surface area (Å²) in [6.07, 6.45) is 3.71. The van der Waals surface area contributed by atoms with Crippen LogP contribution in [-0.2, 0) is 14.3 Å². The lowest BCUT2D eigenvalue weighted by atomic mass is 9.97. The summed E-state index contributed by atoms with van der Waals surface area (Å²) in [6.45, 7) is 6.67. The average molecular weight is 348 g/mol. The van der Waals surface area contributed by atoms with Crippen molar-refractivity contribution in [3.8, 4) is 0 Å². The van der Waals surface area contributed by atoms with E-state index in [1.807, 2.05) is 12.1 Å². The van der Waals surface area contributed by atoms with Crippen molar-refractivity contribution in [1.82, 2.24) is 4.98 Å². The van der Waals surface area contributed by atoms with E-state index in [-0.39, 0.29) is 17.7 Å². The van der Waals surface area contributed by atoms with Crippen LogP contribution in [0.3, 0.4) is 0 Å². The van der Waals surface area contributed by atoms with Crippen LogP contribution in [0.5, 0.6) is 0 Å². The van der Waals surface area contributed by atoms with Crippen molar-refractivity contribution in [2.75, 3.05) is 36.5 Å². The van der Waals surface area contributed by atoms with Gasteiger partial charge in [-0.1, -0.05) is 13.8 Å². The summed E-state index contributed by atoms with van der Waals surface area (Å²) < 4.78 is 5.41. The third kappa shape index (κ3) is 6.34. The molecule has 0 aromatic carbocycles. The van der Waals surface area contributed by atoms with Crippen molar-refractivity contribution in [1.29, 1.82) is 0 Å². The van der Waals surface area contributed by atoms with Crippen molar-refractivity contribution in [3.63, 3.8) is 0 Å². The molecule has 0 saturated carbocycles. The van der Waals surface area contributed by atoms with Gasteiger partial charge in [0, 0.05) is 19.7 Å². The predicted octanol–water partition coefficient (Wildman–Crippen LogP) is 1.78. The first-order valence-electron chi connectivity index (χ1n) is 8.83. The summed E-state index contributed by atoms with van der Waals surface area (Å²) in [5.74, 6) is 0.784. The van der Waals surface area contributed by atoms with E-state index in [0.717, 1.165) is 25.2 Å². The summed E-state index contributed by atoms with van der Waals surface area (Å²) in [4.78, 5) is 29.7. The Kier molecular flexibility index (Phi) is 7.18. The van der Waals surface area contributed by atoms with E-state index in [1.165, 1.54) is 0 Å². The molecule has 3 N–H and O–H groups in total. The van der Waals surface area contributed by atoms with E-state index >= 15 is 0 Å². The van der Waals surface area contributed by atoms with E-state index in [1.54, 1.807) is 6.20 Å².